The topological polar surface area (TPSA) is 84.9 Å². The number of nitrogens with zero attached hydrogens (tertiary/aromatic N) is 1. The number of ether oxygens (including phenoxy) is 2. The van der Waals surface area contributed by atoms with Crippen molar-refractivity contribution >= 4 is 46.4 Å². The number of esters is 1. The monoisotopic (exact) mass is 550 g/mol. The van der Waals surface area contributed by atoms with E-state index in [9.17, 15) is 14.4 Å². The predicted molar refractivity (Wildman–Crippen MR) is 130 cm³/mol. The van der Waals surface area contributed by atoms with Gasteiger partial charge in [0.25, 0.3) is 0 Å². The van der Waals surface area contributed by atoms with Crippen LogP contribution in [-0.2, 0) is 22.3 Å². The molecule has 2 amide bonds. The number of benzene rings is 2. The SMILES string of the molecule is CC(C)(C)OC(=O)NCCc1cc2c(cc1I)CCCN2C(=O)OC(=O)c1ccccc1. The van der Waals surface area contributed by atoms with Crippen molar-refractivity contribution in [3.63, 3.8) is 0 Å². The molecule has 1 aliphatic heterocycles. The molecule has 1 aliphatic rings. The summed E-state index contributed by atoms with van der Waals surface area (Å²) < 4.78 is 11.5. The van der Waals surface area contributed by atoms with E-state index in [1.165, 1.54) is 4.90 Å². The predicted octanol–water partition coefficient (Wildman–Crippen LogP) is 5.09. The number of hydrogen-bond acceptors (Lipinski definition) is 5. The normalized spacial score (nSPS) is 13.2. The van der Waals surface area contributed by atoms with Crippen LogP contribution in [0, 0.1) is 3.57 Å². The van der Waals surface area contributed by atoms with Crippen LogP contribution < -0.4 is 10.2 Å². The minimum atomic E-state index is -0.682. The first-order chi connectivity index (χ1) is 15.1. The van der Waals surface area contributed by atoms with Gasteiger partial charge in [-0.15, -0.1) is 0 Å². The maximum atomic E-state index is 12.8. The lowest BCUT2D eigenvalue weighted by atomic mass is 9.99. The van der Waals surface area contributed by atoms with Crippen molar-refractivity contribution in [1.29, 1.82) is 0 Å². The van der Waals surface area contributed by atoms with Crippen LogP contribution in [-0.4, -0.2) is 36.8 Å². The van der Waals surface area contributed by atoms with Crippen LogP contribution in [0.15, 0.2) is 42.5 Å². The van der Waals surface area contributed by atoms with Gasteiger partial charge in [0.05, 0.1) is 11.3 Å². The Morgan fingerprint density at radius 2 is 1.84 bits per heavy atom. The molecule has 0 radical (unpaired) electrons. The summed E-state index contributed by atoms with van der Waals surface area (Å²) in [6.45, 7) is 6.32. The van der Waals surface area contributed by atoms with Crippen molar-refractivity contribution in [2.24, 2.45) is 0 Å². The average molecular weight is 550 g/mol. The second-order valence-electron chi connectivity index (χ2n) is 8.53. The second kappa shape index (κ2) is 10.3. The van der Waals surface area contributed by atoms with Gasteiger partial charge in [0.15, 0.2) is 0 Å². The molecule has 2 aromatic rings. The number of hydrogen-bond donors (Lipinski definition) is 1. The number of amides is 2. The maximum Gasteiger partial charge on any atom is 0.422 e. The number of aryl methyl sites for hydroxylation is 1. The van der Waals surface area contributed by atoms with Crippen molar-refractivity contribution in [3.8, 4) is 0 Å². The Morgan fingerprint density at radius 1 is 1.12 bits per heavy atom. The zero-order valence-electron chi connectivity index (χ0n) is 18.4. The summed E-state index contributed by atoms with van der Waals surface area (Å²) in [5.41, 5.74) is 2.55. The molecule has 2 aromatic carbocycles. The Kier molecular flexibility index (Phi) is 7.76. The van der Waals surface area contributed by atoms with Crippen LogP contribution in [0.5, 0.6) is 0 Å². The van der Waals surface area contributed by atoms with Crippen LogP contribution in [0.3, 0.4) is 0 Å². The van der Waals surface area contributed by atoms with Crippen LogP contribution in [0.1, 0.15) is 48.7 Å². The van der Waals surface area contributed by atoms with Crippen LogP contribution in [0.4, 0.5) is 15.3 Å². The molecular formula is C24H27IN2O5. The molecule has 32 heavy (non-hydrogen) atoms. The standard InChI is InChI=1S/C24H27IN2O5/c1-24(2,3)32-22(29)26-12-11-17-15-20-18(14-19(17)25)10-7-13-27(20)23(30)31-21(28)16-8-5-4-6-9-16/h4-6,8-9,14-15H,7,10-13H2,1-3H3,(H,26,29). The number of alkyl carbamates (subject to hydrolysis) is 1. The van der Waals surface area contributed by atoms with Crippen molar-refractivity contribution in [2.45, 2.75) is 45.6 Å². The molecule has 1 heterocycles. The summed E-state index contributed by atoms with van der Waals surface area (Å²) in [6.07, 6.45) is 1.07. The van der Waals surface area contributed by atoms with E-state index < -0.39 is 23.8 Å². The largest absolute Gasteiger partial charge is 0.444 e. The summed E-state index contributed by atoms with van der Waals surface area (Å²) in [5, 5.41) is 2.76. The first-order valence-electron chi connectivity index (χ1n) is 10.5. The number of nitrogens with one attached hydrogen (secondary N) is 1. The number of rotatable bonds is 4. The average Bonchev–Trinajstić information content (AvgIpc) is 2.73. The molecule has 0 saturated heterocycles. The molecular weight excluding hydrogens is 523 g/mol. The highest BCUT2D eigenvalue weighted by Gasteiger charge is 2.27. The summed E-state index contributed by atoms with van der Waals surface area (Å²) >= 11 is 2.26. The molecule has 7 nitrogen and oxygen atoms in total. The lowest BCUT2D eigenvalue weighted by Gasteiger charge is -2.29. The van der Waals surface area contributed by atoms with E-state index >= 15 is 0 Å². The zero-order chi connectivity index (χ0) is 23.3. The zero-order valence-corrected chi connectivity index (χ0v) is 20.6. The van der Waals surface area contributed by atoms with E-state index in [-0.39, 0.29) is 0 Å². The first-order valence-corrected chi connectivity index (χ1v) is 11.6. The van der Waals surface area contributed by atoms with E-state index in [2.05, 4.69) is 34.0 Å². The number of carbonyl (C=O) groups excluding carboxylic acids is 3. The van der Waals surface area contributed by atoms with Gasteiger partial charge in [0.2, 0.25) is 0 Å². The van der Waals surface area contributed by atoms with Gasteiger partial charge >= 0.3 is 18.2 Å². The Labute approximate surface area is 201 Å². The molecule has 0 aromatic heterocycles. The van der Waals surface area contributed by atoms with E-state index in [0.717, 1.165) is 33.2 Å². The Morgan fingerprint density at radius 3 is 2.53 bits per heavy atom. The van der Waals surface area contributed by atoms with Crippen LogP contribution in [0.25, 0.3) is 0 Å². The fourth-order valence-electron chi connectivity index (χ4n) is 3.41. The molecule has 1 N–H and O–H groups in total. The van der Waals surface area contributed by atoms with Crippen LogP contribution >= 0.6 is 22.6 Å². The van der Waals surface area contributed by atoms with E-state index in [1.54, 1.807) is 30.3 Å². The smallest absolute Gasteiger partial charge is 0.422 e. The first kappa shape index (κ1) is 24.0. The Balaban J connectivity index is 1.69. The Bertz CT molecular complexity index is 1000. The van der Waals surface area contributed by atoms with Crippen molar-refractivity contribution in [2.75, 3.05) is 18.0 Å². The molecule has 0 unspecified atom stereocenters. The van der Waals surface area contributed by atoms with Crippen LogP contribution in [0.2, 0.25) is 0 Å². The third-order valence-electron chi connectivity index (χ3n) is 4.84. The van der Waals surface area contributed by atoms with E-state index in [4.69, 9.17) is 9.47 Å². The lowest BCUT2D eigenvalue weighted by molar-refractivity contribution is 0.0527. The highest BCUT2D eigenvalue weighted by atomic mass is 127. The van der Waals surface area contributed by atoms with Gasteiger partial charge in [-0.1, -0.05) is 18.2 Å². The van der Waals surface area contributed by atoms with Crippen molar-refractivity contribution in [1.82, 2.24) is 5.32 Å². The van der Waals surface area contributed by atoms with Crippen molar-refractivity contribution in [3.05, 3.63) is 62.7 Å². The van der Waals surface area contributed by atoms with Gasteiger partial charge < -0.3 is 14.8 Å². The molecule has 0 spiro atoms. The van der Waals surface area contributed by atoms with Gasteiger partial charge in [-0.25, -0.2) is 14.4 Å². The Hall–Kier alpha value is -2.62. The third kappa shape index (κ3) is 6.44. The minimum absolute atomic E-state index is 0.328. The molecule has 3 rings (SSSR count). The molecule has 8 heteroatoms. The second-order valence-corrected chi connectivity index (χ2v) is 9.69. The fraction of sp³-hybridized carbons (Fsp3) is 0.375. The fourth-order valence-corrected chi connectivity index (χ4v) is 4.21. The number of anilines is 1. The van der Waals surface area contributed by atoms with Gasteiger partial charge in [-0.3, -0.25) is 4.90 Å². The van der Waals surface area contributed by atoms with E-state index in [1.807, 2.05) is 26.8 Å². The molecule has 0 bridgehead atoms. The van der Waals surface area contributed by atoms with Gasteiger partial charge in [-0.05, 0) is 98.0 Å². The molecule has 170 valence electrons. The minimum Gasteiger partial charge on any atom is -0.444 e. The summed E-state index contributed by atoms with van der Waals surface area (Å²) in [5.74, 6) is -0.671. The molecule has 0 atom stereocenters. The third-order valence-corrected chi connectivity index (χ3v) is 5.84. The maximum absolute atomic E-state index is 12.8. The van der Waals surface area contributed by atoms with Gasteiger partial charge in [0, 0.05) is 16.7 Å². The number of halogens is 1. The van der Waals surface area contributed by atoms with Gasteiger partial charge in [-0.2, -0.15) is 0 Å². The quantitative estimate of drug-likeness (QED) is 0.326. The summed E-state index contributed by atoms with van der Waals surface area (Å²) in [6, 6.07) is 12.4. The number of fused-ring (bicyclic) bond motifs is 1. The van der Waals surface area contributed by atoms with E-state index in [0.29, 0.717) is 25.1 Å². The lowest BCUT2D eigenvalue weighted by Crippen LogP contribution is -2.37. The van der Waals surface area contributed by atoms with Gasteiger partial charge in [0.1, 0.15) is 5.60 Å². The highest BCUT2D eigenvalue weighted by Crippen LogP contribution is 2.32. The summed E-state index contributed by atoms with van der Waals surface area (Å²) in [7, 11) is 0. The molecule has 0 saturated carbocycles. The van der Waals surface area contributed by atoms with Crippen molar-refractivity contribution < 1.29 is 23.9 Å². The molecule has 0 aliphatic carbocycles. The molecule has 0 fully saturated rings. The summed E-state index contributed by atoms with van der Waals surface area (Å²) in [4.78, 5) is 38.5. The number of carbonyl (C=O) groups is 3. The highest BCUT2D eigenvalue weighted by molar-refractivity contribution is 14.1.